The second-order valence-electron chi connectivity index (χ2n) is 7.34. The van der Waals surface area contributed by atoms with Gasteiger partial charge < -0.3 is 14.0 Å². The van der Waals surface area contributed by atoms with E-state index in [1.54, 1.807) is 0 Å². The molecular weight excluding hydrogens is 310 g/mol. The lowest BCUT2D eigenvalue weighted by molar-refractivity contribution is 0.0225. The third-order valence-corrected chi connectivity index (χ3v) is 5.96. The van der Waals surface area contributed by atoms with E-state index in [9.17, 15) is 0 Å². The number of hydrogen-bond acceptors (Lipinski definition) is 3. The fourth-order valence-corrected chi connectivity index (χ4v) is 4.42. The molecule has 0 unspecified atom stereocenters. The normalized spacial score (nSPS) is 19.0. The molecule has 2 aromatic heterocycles. The van der Waals surface area contributed by atoms with E-state index in [-0.39, 0.29) is 5.60 Å². The van der Waals surface area contributed by atoms with E-state index < -0.39 is 0 Å². The van der Waals surface area contributed by atoms with Gasteiger partial charge in [0.05, 0.1) is 5.69 Å². The van der Waals surface area contributed by atoms with E-state index in [1.807, 2.05) is 12.4 Å². The number of ether oxygens (including phenoxy) is 1. The topological polar surface area (TPSA) is 29.8 Å². The minimum Gasteiger partial charge on any atom is -0.487 e. The molecule has 3 aromatic rings. The highest BCUT2D eigenvalue weighted by Gasteiger charge is 2.39. The smallest absolute Gasteiger partial charge is 0.136 e. The van der Waals surface area contributed by atoms with Crippen molar-refractivity contribution in [2.75, 3.05) is 18.0 Å². The summed E-state index contributed by atoms with van der Waals surface area (Å²) in [4.78, 5) is 6.88. The molecule has 5 rings (SSSR count). The van der Waals surface area contributed by atoms with Gasteiger partial charge in [0, 0.05) is 44.0 Å². The zero-order valence-corrected chi connectivity index (χ0v) is 14.6. The molecule has 1 spiro atoms. The Bertz CT molecular complexity index is 922. The van der Waals surface area contributed by atoms with Crippen LogP contribution in [0, 0.1) is 6.92 Å². The first kappa shape index (κ1) is 14.8. The lowest BCUT2D eigenvalue weighted by Crippen LogP contribution is -2.50. The second kappa shape index (κ2) is 5.51. The number of pyridine rings is 1. The van der Waals surface area contributed by atoms with Crippen LogP contribution in [-0.4, -0.2) is 28.1 Å². The Labute approximate surface area is 148 Å². The molecule has 0 atom stereocenters. The van der Waals surface area contributed by atoms with E-state index >= 15 is 0 Å². The Balaban J connectivity index is 1.37. The van der Waals surface area contributed by atoms with E-state index in [0.717, 1.165) is 50.2 Å². The van der Waals surface area contributed by atoms with Crippen LogP contribution in [-0.2, 0) is 6.42 Å². The molecular formula is C21H23N3O. The summed E-state index contributed by atoms with van der Waals surface area (Å²) in [5.41, 5.74) is 4.98. The molecule has 128 valence electrons. The predicted octanol–water partition coefficient (Wildman–Crippen LogP) is 4.01. The van der Waals surface area contributed by atoms with E-state index in [2.05, 4.69) is 57.6 Å². The Morgan fingerprint density at radius 2 is 1.88 bits per heavy atom. The lowest BCUT2D eigenvalue weighted by Gasteiger charge is -2.45. The van der Waals surface area contributed by atoms with Gasteiger partial charge in [0.15, 0.2) is 0 Å². The molecule has 25 heavy (non-hydrogen) atoms. The zero-order chi connectivity index (χ0) is 16.9. The number of rotatable bonds is 1. The first-order valence-electron chi connectivity index (χ1n) is 9.19. The summed E-state index contributed by atoms with van der Waals surface area (Å²) >= 11 is 0. The van der Waals surface area contributed by atoms with Crippen LogP contribution in [0.2, 0.25) is 0 Å². The largest absolute Gasteiger partial charge is 0.487 e. The Kier molecular flexibility index (Phi) is 3.27. The highest BCUT2D eigenvalue weighted by molar-refractivity contribution is 5.57. The molecule has 4 nitrogen and oxygen atoms in total. The number of anilines is 1. The number of imidazole rings is 1. The van der Waals surface area contributed by atoms with Crippen LogP contribution >= 0.6 is 0 Å². The lowest BCUT2D eigenvalue weighted by atomic mass is 9.83. The Hall–Kier alpha value is -2.49. The van der Waals surface area contributed by atoms with Crippen LogP contribution < -0.4 is 9.64 Å². The van der Waals surface area contributed by atoms with Crippen molar-refractivity contribution in [3.63, 3.8) is 0 Å². The molecule has 0 radical (unpaired) electrons. The maximum absolute atomic E-state index is 6.49. The first-order chi connectivity index (χ1) is 12.2. The van der Waals surface area contributed by atoms with Gasteiger partial charge in [0.25, 0.3) is 0 Å². The summed E-state index contributed by atoms with van der Waals surface area (Å²) in [6.45, 7) is 4.27. The number of fused-ring (bicyclic) bond motifs is 2. The second-order valence-corrected chi connectivity index (χ2v) is 7.34. The van der Waals surface area contributed by atoms with Gasteiger partial charge in [-0.1, -0.05) is 18.2 Å². The highest BCUT2D eigenvalue weighted by Crippen LogP contribution is 2.40. The van der Waals surface area contributed by atoms with Crippen LogP contribution in [0.4, 0.5) is 5.69 Å². The molecule has 1 saturated heterocycles. The molecule has 0 amide bonds. The van der Waals surface area contributed by atoms with Gasteiger partial charge in [0.1, 0.15) is 17.0 Å². The van der Waals surface area contributed by atoms with E-state index in [1.165, 1.54) is 16.9 Å². The maximum atomic E-state index is 6.49. The monoisotopic (exact) mass is 333 g/mol. The molecule has 2 aliphatic heterocycles. The molecule has 1 fully saturated rings. The predicted molar refractivity (Wildman–Crippen MR) is 99.5 cm³/mol. The summed E-state index contributed by atoms with van der Waals surface area (Å²) in [6, 6.07) is 12.8. The van der Waals surface area contributed by atoms with Crippen LogP contribution in [0.15, 0.2) is 48.8 Å². The van der Waals surface area contributed by atoms with Crippen LogP contribution in [0.3, 0.4) is 0 Å². The summed E-state index contributed by atoms with van der Waals surface area (Å²) < 4.78 is 8.66. The summed E-state index contributed by atoms with van der Waals surface area (Å²) in [7, 11) is 0. The SMILES string of the molecule is Cc1c(N2CCC3(CCc4ccccc4O3)CC2)ccc2nccn12. The average Bonchev–Trinajstić information content (AvgIpc) is 3.13. The van der Waals surface area contributed by atoms with Crippen molar-refractivity contribution in [2.45, 2.75) is 38.2 Å². The highest BCUT2D eigenvalue weighted by atomic mass is 16.5. The standard InChI is InChI=1S/C21H23N3O/c1-16-18(6-7-20-22-12-15-24(16)20)23-13-10-21(11-14-23)9-8-17-4-2-3-5-19(17)25-21/h2-7,12,15H,8-11,13-14H2,1H3. The first-order valence-corrected chi connectivity index (χ1v) is 9.19. The number of nitrogens with zero attached hydrogens (tertiary/aromatic N) is 3. The molecule has 1 aromatic carbocycles. The van der Waals surface area contributed by atoms with Crippen LogP contribution in [0.1, 0.15) is 30.5 Å². The zero-order valence-electron chi connectivity index (χ0n) is 14.6. The molecule has 0 aliphatic carbocycles. The number of benzene rings is 1. The van der Waals surface area contributed by atoms with Crippen molar-refractivity contribution >= 4 is 11.3 Å². The molecule has 4 heterocycles. The minimum atomic E-state index is 0.0257. The average molecular weight is 333 g/mol. The maximum Gasteiger partial charge on any atom is 0.136 e. The quantitative estimate of drug-likeness (QED) is 0.674. The summed E-state index contributed by atoms with van der Waals surface area (Å²) in [5.74, 6) is 1.10. The number of aromatic nitrogens is 2. The molecule has 4 heteroatoms. The fourth-order valence-electron chi connectivity index (χ4n) is 4.42. The molecule has 0 saturated carbocycles. The van der Waals surface area contributed by atoms with E-state index in [4.69, 9.17) is 4.74 Å². The van der Waals surface area contributed by atoms with Gasteiger partial charge in [-0.25, -0.2) is 4.98 Å². The fraction of sp³-hybridized carbons (Fsp3) is 0.381. The van der Waals surface area contributed by atoms with Gasteiger partial charge in [-0.15, -0.1) is 0 Å². The number of piperidine rings is 1. The molecule has 0 bridgehead atoms. The number of para-hydroxylation sites is 1. The van der Waals surface area contributed by atoms with Crippen molar-refractivity contribution in [2.24, 2.45) is 0 Å². The van der Waals surface area contributed by atoms with Crippen LogP contribution in [0.5, 0.6) is 5.75 Å². The number of aryl methyl sites for hydroxylation is 2. The van der Waals surface area contributed by atoms with Gasteiger partial charge in [0.2, 0.25) is 0 Å². The van der Waals surface area contributed by atoms with E-state index in [0.29, 0.717) is 0 Å². The Morgan fingerprint density at radius 1 is 1.04 bits per heavy atom. The summed E-state index contributed by atoms with van der Waals surface area (Å²) in [6.07, 6.45) is 8.35. The van der Waals surface area contributed by atoms with Crippen molar-refractivity contribution in [3.8, 4) is 5.75 Å². The molecule has 0 N–H and O–H groups in total. The van der Waals surface area contributed by atoms with Gasteiger partial charge >= 0.3 is 0 Å². The van der Waals surface area contributed by atoms with Crippen molar-refractivity contribution < 1.29 is 4.74 Å². The van der Waals surface area contributed by atoms with Crippen molar-refractivity contribution in [1.82, 2.24) is 9.38 Å². The van der Waals surface area contributed by atoms with Crippen LogP contribution in [0.25, 0.3) is 5.65 Å². The third kappa shape index (κ3) is 2.39. The van der Waals surface area contributed by atoms with Gasteiger partial charge in [-0.05, 0) is 43.5 Å². The Morgan fingerprint density at radius 3 is 2.76 bits per heavy atom. The van der Waals surface area contributed by atoms with Gasteiger partial charge in [-0.2, -0.15) is 0 Å². The van der Waals surface area contributed by atoms with Crippen molar-refractivity contribution in [3.05, 3.63) is 60.0 Å². The number of hydrogen-bond donors (Lipinski definition) is 0. The van der Waals surface area contributed by atoms with Crippen molar-refractivity contribution in [1.29, 1.82) is 0 Å². The summed E-state index contributed by atoms with van der Waals surface area (Å²) in [5, 5.41) is 0. The minimum absolute atomic E-state index is 0.0257. The van der Waals surface area contributed by atoms with Gasteiger partial charge in [-0.3, -0.25) is 0 Å². The third-order valence-electron chi connectivity index (χ3n) is 5.96. The molecule has 2 aliphatic rings.